The van der Waals surface area contributed by atoms with Gasteiger partial charge in [-0.15, -0.1) is 0 Å². The van der Waals surface area contributed by atoms with Gasteiger partial charge in [0.25, 0.3) is 11.5 Å². The summed E-state index contributed by atoms with van der Waals surface area (Å²) in [4.78, 5) is 40.3. The first-order valence-electron chi connectivity index (χ1n) is 11.5. The molecular weight excluding hydrogens is 418 g/mol. The van der Waals surface area contributed by atoms with Gasteiger partial charge in [0.1, 0.15) is 0 Å². The first kappa shape index (κ1) is 24.2. The standard InChI is InChI=1S/C26H31N3O4/c1-4-5-6-12-17-28-25(31)22-16-11-10-15-21(22)24(27-28)26(32)33-18-23(30)29(19(2)3)20-13-8-7-9-14-20/h7-11,13-16,19H,4-6,12,17-18H2,1-3H3. The highest BCUT2D eigenvalue weighted by Gasteiger charge is 2.23. The third-order valence-electron chi connectivity index (χ3n) is 5.43. The Morgan fingerprint density at radius 3 is 2.30 bits per heavy atom. The van der Waals surface area contributed by atoms with E-state index in [1.165, 1.54) is 4.68 Å². The monoisotopic (exact) mass is 449 g/mol. The van der Waals surface area contributed by atoms with Crippen LogP contribution in [0.3, 0.4) is 0 Å². The fourth-order valence-corrected chi connectivity index (χ4v) is 3.81. The maximum absolute atomic E-state index is 13.0. The summed E-state index contributed by atoms with van der Waals surface area (Å²) >= 11 is 0. The highest BCUT2D eigenvalue weighted by molar-refractivity contribution is 6.03. The van der Waals surface area contributed by atoms with E-state index in [0.717, 1.165) is 31.4 Å². The summed E-state index contributed by atoms with van der Waals surface area (Å²) in [6.45, 7) is 5.93. The van der Waals surface area contributed by atoms with E-state index in [4.69, 9.17) is 4.74 Å². The average Bonchev–Trinajstić information content (AvgIpc) is 2.82. The van der Waals surface area contributed by atoms with Gasteiger partial charge < -0.3 is 9.64 Å². The van der Waals surface area contributed by atoms with Crippen molar-refractivity contribution in [2.45, 2.75) is 59.0 Å². The van der Waals surface area contributed by atoms with E-state index in [9.17, 15) is 14.4 Å². The Labute approximate surface area is 194 Å². The molecule has 0 aliphatic rings. The minimum Gasteiger partial charge on any atom is -0.451 e. The molecule has 1 amide bonds. The maximum Gasteiger partial charge on any atom is 0.359 e. The lowest BCUT2D eigenvalue weighted by atomic mass is 10.1. The molecule has 1 heterocycles. The molecule has 0 saturated heterocycles. The second-order valence-corrected chi connectivity index (χ2v) is 8.25. The van der Waals surface area contributed by atoms with Crippen LogP contribution < -0.4 is 10.5 Å². The Bertz CT molecular complexity index is 1160. The first-order chi connectivity index (χ1) is 15.9. The topological polar surface area (TPSA) is 81.5 Å². The number of esters is 1. The number of carbonyl (C=O) groups excluding carboxylic acids is 2. The summed E-state index contributed by atoms with van der Waals surface area (Å²) in [5.41, 5.74) is 0.548. The minimum absolute atomic E-state index is 0.0456. The van der Waals surface area contributed by atoms with Gasteiger partial charge in [0.05, 0.1) is 5.39 Å². The molecule has 3 aromatic rings. The van der Waals surface area contributed by atoms with Crippen molar-refractivity contribution >= 4 is 28.3 Å². The summed E-state index contributed by atoms with van der Waals surface area (Å²) in [5, 5.41) is 5.15. The van der Waals surface area contributed by atoms with Crippen LogP contribution in [0.1, 0.15) is 56.9 Å². The summed E-state index contributed by atoms with van der Waals surface area (Å²) in [6.07, 6.45) is 3.94. The van der Waals surface area contributed by atoms with Gasteiger partial charge in [0.2, 0.25) is 0 Å². The fourth-order valence-electron chi connectivity index (χ4n) is 3.81. The fraction of sp³-hybridized carbons (Fsp3) is 0.385. The number of carbonyl (C=O) groups is 2. The zero-order valence-electron chi connectivity index (χ0n) is 19.5. The lowest BCUT2D eigenvalue weighted by molar-refractivity contribution is -0.122. The van der Waals surface area contributed by atoms with Crippen LogP contribution in [0.2, 0.25) is 0 Å². The lowest BCUT2D eigenvalue weighted by Gasteiger charge is -2.26. The van der Waals surface area contributed by atoms with E-state index in [-0.39, 0.29) is 23.2 Å². The van der Waals surface area contributed by atoms with Crippen LogP contribution in [0.25, 0.3) is 10.8 Å². The molecule has 0 atom stereocenters. The number of unbranched alkanes of at least 4 members (excludes halogenated alkanes) is 3. The van der Waals surface area contributed by atoms with Crippen molar-refractivity contribution in [2.24, 2.45) is 0 Å². The molecule has 2 aromatic carbocycles. The minimum atomic E-state index is -0.723. The number of hydrogen-bond donors (Lipinski definition) is 0. The SMILES string of the molecule is CCCCCCn1nc(C(=O)OCC(=O)N(c2ccccc2)C(C)C)c2ccccc2c1=O. The van der Waals surface area contributed by atoms with Gasteiger partial charge in [0.15, 0.2) is 12.3 Å². The van der Waals surface area contributed by atoms with Gasteiger partial charge in [-0.3, -0.25) is 9.59 Å². The van der Waals surface area contributed by atoms with Crippen LogP contribution in [0.4, 0.5) is 5.69 Å². The highest BCUT2D eigenvalue weighted by atomic mass is 16.5. The lowest BCUT2D eigenvalue weighted by Crippen LogP contribution is -2.40. The van der Waals surface area contributed by atoms with Crippen molar-refractivity contribution in [3.05, 3.63) is 70.6 Å². The molecule has 7 nitrogen and oxygen atoms in total. The van der Waals surface area contributed by atoms with Crippen molar-refractivity contribution in [3.63, 3.8) is 0 Å². The number of fused-ring (bicyclic) bond motifs is 1. The molecule has 0 fully saturated rings. The average molecular weight is 450 g/mol. The summed E-state index contributed by atoms with van der Waals surface area (Å²) in [5.74, 6) is -1.06. The summed E-state index contributed by atoms with van der Waals surface area (Å²) in [6, 6.07) is 16.0. The van der Waals surface area contributed by atoms with Crippen LogP contribution >= 0.6 is 0 Å². The normalized spacial score (nSPS) is 11.0. The zero-order valence-corrected chi connectivity index (χ0v) is 19.5. The van der Waals surface area contributed by atoms with Gasteiger partial charge in [-0.25, -0.2) is 9.48 Å². The molecule has 1 aromatic heterocycles. The number of ether oxygens (including phenoxy) is 1. The van der Waals surface area contributed by atoms with Gasteiger partial charge in [-0.2, -0.15) is 5.10 Å². The van der Waals surface area contributed by atoms with Crippen LogP contribution in [0, 0.1) is 0 Å². The van der Waals surface area contributed by atoms with Crippen molar-refractivity contribution in [1.29, 1.82) is 0 Å². The quantitative estimate of drug-likeness (QED) is 0.334. The number of rotatable bonds is 10. The number of amides is 1. The van der Waals surface area contributed by atoms with E-state index in [1.807, 2.05) is 44.2 Å². The van der Waals surface area contributed by atoms with E-state index in [1.54, 1.807) is 29.2 Å². The second kappa shape index (κ2) is 11.4. The van der Waals surface area contributed by atoms with E-state index < -0.39 is 12.6 Å². The number of anilines is 1. The number of aryl methyl sites for hydroxylation is 1. The molecule has 33 heavy (non-hydrogen) atoms. The van der Waals surface area contributed by atoms with E-state index in [2.05, 4.69) is 12.0 Å². The molecule has 0 spiro atoms. The van der Waals surface area contributed by atoms with E-state index in [0.29, 0.717) is 17.3 Å². The van der Waals surface area contributed by atoms with Crippen molar-refractivity contribution in [2.75, 3.05) is 11.5 Å². The third kappa shape index (κ3) is 5.86. The molecule has 0 aliphatic carbocycles. The Morgan fingerprint density at radius 1 is 0.970 bits per heavy atom. The third-order valence-corrected chi connectivity index (χ3v) is 5.43. The molecular formula is C26H31N3O4. The van der Waals surface area contributed by atoms with Crippen LogP contribution in [-0.4, -0.2) is 34.3 Å². The molecule has 0 unspecified atom stereocenters. The second-order valence-electron chi connectivity index (χ2n) is 8.25. The zero-order chi connectivity index (χ0) is 23.8. The molecule has 174 valence electrons. The molecule has 0 saturated carbocycles. The van der Waals surface area contributed by atoms with Gasteiger partial charge >= 0.3 is 5.97 Å². The smallest absolute Gasteiger partial charge is 0.359 e. The van der Waals surface area contributed by atoms with Crippen LogP contribution in [-0.2, 0) is 16.1 Å². The molecule has 7 heteroatoms. The Hall–Kier alpha value is -3.48. The number of para-hydroxylation sites is 1. The number of hydrogen-bond acceptors (Lipinski definition) is 5. The maximum atomic E-state index is 13.0. The Morgan fingerprint density at radius 2 is 1.64 bits per heavy atom. The van der Waals surface area contributed by atoms with Crippen molar-refractivity contribution in [3.8, 4) is 0 Å². The molecule has 3 rings (SSSR count). The number of benzene rings is 2. The molecule has 0 N–H and O–H groups in total. The highest BCUT2D eigenvalue weighted by Crippen LogP contribution is 2.18. The Balaban J connectivity index is 1.82. The predicted octanol–water partition coefficient (Wildman–Crippen LogP) is 4.58. The van der Waals surface area contributed by atoms with E-state index >= 15 is 0 Å². The van der Waals surface area contributed by atoms with Gasteiger partial charge in [-0.05, 0) is 38.5 Å². The number of aromatic nitrogens is 2. The molecule has 0 aliphatic heterocycles. The van der Waals surface area contributed by atoms with Crippen LogP contribution in [0.15, 0.2) is 59.4 Å². The summed E-state index contributed by atoms with van der Waals surface area (Å²) in [7, 11) is 0. The van der Waals surface area contributed by atoms with Gasteiger partial charge in [0, 0.05) is 23.7 Å². The Kier molecular flexibility index (Phi) is 8.35. The summed E-state index contributed by atoms with van der Waals surface area (Å²) < 4.78 is 6.71. The van der Waals surface area contributed by atoms with Crippen molar-refractivity contribution in [1.82, 2.24) is 9.78 Å². The largest absolute Gasteiger partial charge is 0.451 e. The van der Waals surface area contributed by atoms with Crippen LogP contribution in [0.5, 0.6) is 0 Å². The molecule has 0 radical (unpaired) electrons. The first-order valence-corrected chi connectivity index (χ1v) is 11.5. The van der Waals surface area contributed by atoms with Crippen molar-refractivity contribution < 1.29 is 14.3 Å². The van der Waals surface area contributed by atoms with Gasteiger partial charge in [-0.1, -0.05) is 62.6 Å². The molecule has 0 bridgehead atoms. The number of nitrogens with zero attached hydrogens (tertiary/aromatic N) is 3. The predicted molar refractivity (Wildman–Crippen MR) is 129 cm³/mol.